The average molecular weight is 333 g/mol. The van der Waals surface area contributed by atoms with Crippen molar-refractivity contribution in [1.82, 2.24) is 10.2 Å². The van der Waals surface area contributed by atoms with E-state index in [0.29, 0.717) is 11.1 Å². The van der Waals surface area contributed by atoms with Crippen molar-refractivity contribution in [2.75, 3.05) is 0 Å². The summed E-state index contributed by atoms with van der Waals surface area (Å²) >= 11 is 7.34. The molecular formula is C16H13ClN2O2S. The molecule has 0 aliphatic carbocycles. The highest BCUT2D eigenvalue weighted by Crippen LogP contribution is 2.22. The Hall–Kier alpha value is -1.98. The maximum Gasteiger partial charge on any atom is 0.277 e. The van der Waals surface area contributed by atoms with Gasteiger partial charge in [0.2, 0.25) is 0 Å². The van der Waals surface area contributed by atoms with Crippen molar-refractivity contribution in [3.63, 3.8) is 0 Å². The molecule has 0 unspecified atom stereocenters. The van der Waals surface area contributed by atoms with Crippen LogP contribution in [0.2, 0.25) is 5.02 Å². The normalized spacial score (nSPS) is 10.6. The molecule has 0 N–H and O–H groups in total. The molecule has 2 aromatic carbocycles. The maximum absolute atomic E-state index is 5.86. The summed E-state index contributed by atoms with van der Waals surface area (Å²) < 4.78 is 11.1. The highest BCUT2D eigenvalue weighted by Gasteiger charge is 2.07. The van der Waals surface area contributed by atoms with Crippen LogP contribution in [0.3, 0.4) is 0 Å². The lowest BCUT2D eigenvalue weighted by molar-refractivity contribution is 0.252. The standard InChI is InChI=1S/C16H13ClN2O2S/c17-13-8-6-12(7-9-13)11-22-16-19-18-15(21-16)10-20-14-4-2-1-3-5-14/h1-9H,10-11H2. The van der Waals surface area contributed by atoms with Gasteiger partial charge in [0.05, 0.1) is 0 Å². The molecule has 1 heterocycles. The zero-order chi connectivity index (χ0) is 15.2. The number of benzene rings is 2. The molecule has 22 heavy (non-hydrogen) atoms. The van der Waals surface area contributed by atoms with Crippen molar-refractivity contribution >= 4 is 23.4 Å². The summed E-state index contributed by atoms with van der Waals surface area (Å²) in [6.07, 6.45) is 0. The third-order valence-electron chi connectivity index (χ3n) is 2.83. The second-order valence-electron chi connectivity index (χ2n) is 4.48. The third kappa shape index (κ3) is 4.26. The summed E-state index contributed by atoms with van der Waals surface area (Å²) in [6.45, 7) is 0.262. The van der Waals surface area contributed by atoms with E-state index in [4.69, 9.17) is 20.8 Å². The van der Waals surface area contributed by atoms with E-state index in [0.717, 1.165) is 22.1 Å². The number of hydrogen-bond acceptors (Lipinski definition) is 5. The molecule has 0 amide bonds. The van der Waals surface area contributed by atoms with E-state index in [1.54, 1.807) is 0 Å². The first-order chi connectivity index (χ1) is 10.8. The molecule has 6 heteroatoms. The van der Waals surface area contributed by atoms with Gasteiger partial charge in [-0.05, 0) is 29.8 Å². The lowest BCUT2D eigenvalue weighted by atomic mass is 10.2. The summed E-state index contributed by atoms with van der Waals surface area (Å²) in [7, 11) is 0. The van der Waals surface area contributed by atoms with Gasteiger partial charge in [0.1, 0.15) is 5.75 Å². The molecule has 0 aliphatic heterocycles. The van der Waals surface area contributed by atoms with Gasteiger partial charge in [-0.3, -0.25) is 0 Å². The Morgan fingerprint density at radius 1 is 1.00 bits per heavy atom. The fraction of sp³-hybridized carbons (Fsp3) is 0.125. The van der Waals surface area contributed by atoms with Gasteiger partial charge in [0, 0.05) is 10.8 Å². The maximum atomic E-state index is 5.86. The van der Waals surface area contributed by atoms with Gasteiger partial charge >= 0.3 is 0 Å². The Bertz CT molecular complexity index is 717. The van der Waals surface area contributed by atoms with Crippen LogP contribution in [-0.4, -0.2) is 10.2 Å². The van der Waals surface area contributed by atoms with Crippen LogP contribution < -0.4 is 4.74 Å². The van der Waals surface area contributed by atoms with Gasteiger partial charge in [0.15, 0.2) is 6.61 Å². The molecule has 3 aromatic rings. The zero-order valence-corrected chi connectivity index (χ0v) is 13.2. The van der Waals surface area contributed by atoms with Gasteiger partial charge in [-0.2, -0.15) is 0 Å². The van der Waals surface area contributed by atoms with E-state index in [2.05, 4.69) is 10.2 Å². The first-order valence-electron chi connectivity index (χ1n) is 6.67. The molecule has 0 bridgehead atoms. The third-order valence-corrected chi connectivity index (χ3v) is 3.97. The first kappa shape index (κ1) is 14.9. The lowest BCUT2D eigenvalue weighted by Crippen LogP contribution is -1.95. The van der Waals surface area contributed by atoms with Crippen molar-refractivity contribution < 1.29 is 9.15 Å². The molecule has 0 spiro atoms. The van der Waals surface area contributed by atoms with Gasteiger partial charge in [0.25, 0.3) is 11.1 Å². The number of para-hydroxylation sites is 1. The number of aromatic nitrogens is 2. The number of thioether (sulfide) groups is 1. The SMILES string of the molecule is Clc1ccc(CSc2nnc(COc3ccccc3)o2)cc1. The van der Waals surface area contributed by atoms with E-state index in [1.165, 1.54) is 11.8 Å². The molecule has 0 saturated heterocycles. The van der Waals surface area contributed by atoms with Crippen LogP contribution in [-0.2, 0) is 12.4 Å². The summed E-state index contributed by atoms with van der Waals surface area (Å²) in [4.78, 5) is 0. The first-order valence-corrected chi connectivity index (χ1v) is 8.03. The number of halogens is 1. The summed E-state index contributed by atoms with van der Waals surface area (Å²) in [5, 5.41) is 9.23. The number of ether oxygens (including phenoxy) is 1. The Kier molecular flexibility index (Phi) is 4.98. The minimum atomic E-state index is 0.262. The Morgan fingerprint density at radius 3 is 2.55 bits per heavy atom. The smallest absolute Gasteiger partial charge is 0.277 e. The lowest BCUT2D eigenvalue weighted by Gasteiger charge is -2.01. The van der Waals surface area contributed by atoms with Gasteiger partial charge in [-0.15, -0.1) is 10.2 Å². The van der Waals surface area contributed by atoms with Gasteiger partial charge < -0.3 is 9.15 Å². The topological polar surface area (TPSA) is 48.2 Å². The molecule has 0 aliphatic rings. The molecule has 0 atom stereocenters. The van der Waals surface area contributed by atoms with Crippen molar-refractivity contribution in [2.45, 2.75) is 17.6 Å². The molecule has 3 rings (SSSR count). The largest absolute Gasteiger partial charge is 0.484 e. The molecule has 0 fully saturated rings. The predicted octanol–water partition coefficient (Wildman–Crippen LogP) is 4.59. The van der Waals surface area contributed by atoms with E-state index < -0.39 is 0 Å². The molecule has 0 radical (unpaired) electrons. The number of hydrogen-bond donors (Lipinski definition) is 0. The molecule has 112 valence electrons. The van der Waals surface area contributed by atoms with Crippen LogP contribution in [0.5, 0.6) is 5.75 Å². The highest BCUT2D eigenvalue weighted by molar-refractivity contribution is 7.98. The fourth-order valence-corrected chi connectivity index (χ4v) is 2.60. The van der Waals surface area contributed by atoms with Crippen molar-refractivity contribution in [2.24, 2.45) is 0 Å². The van der Waals surface area contributed by atoms with Crippen molar-refractivity contribution in [1.29, 1.82) is 0 Å². The Labute approximate surface area is 137 Å². The summed E-state index contributed by atoms with van der Waals surface area (Å²) in [6, 6.07) is 17.2. The summed E-state index contributed by atoms with van der Waals surface area (Å²) in [5.74, 6) is 1.98. The average Bonchev–Trinajstić information content (AvgIpc) is 3.01. The van der Waals surface area contributed by atoms with Crippen molar-refractivity contribution in [3.8, 4) is 5.75 Å². The molecule has 0 saturated carbocycles. The molecular weight excluding hydrogens is 320 g/mol. The second-order valence-corrected chi connectivity index (χ2v) is 5.84. The minimum Gasteiger partial charge on any atom is -0.484 e. The van der Waals surface area contributed by atoms with Crippen LogP contribution in [0.4, 0.5) is 0 Å². The monoisotopic (exact) mass is 332 g/mol. The highest BCUT2D eigenvalue weighted by atomic mass is 35.5. The van der Waals surface area contributed by atoms with Crippen LogP contribution in [0.15, 0.2) is 64.2 Å². The predicted molar refractivity (Wildman–Crippen MR) is 86.1 cm³/mol. The van der Waals surface area contributed by atoms with E-state index in [9.17, 15) is 0 Å². The van der Waals surface area contributed by atoms with Gasteiger partial charge in [-0.1, -0.05) is 53.7 Å². The Balaban J connectivity index is 1.51. The van der Waals surface area contributed by atoms with E-state index in [-0.39, 0.29) is 6.61 Å². The van der Waals surface area contributed by atoms with Crippen LogP contribution >= 0.6 is 23.4 Å². The zero-order valence-electron chi connectivity index (χ0n) is 11.6. The summed E-state index contributed by atoms with van der Waals surface area (Å²) in [5.41, 5.74) is 1.15. The van der Waals surface area contributed by atoms with Crippen molar-refractivity contribution in [3.05, 3.63) is 71.1 Å². The van der Waals surface area contributed by atoms with E-state index in [1.807, 2.05) is 54.6 Å². The number of rotatable bonds is 6. The van der Waals surface area contributed by atoms with Crippen LogP contribution in [0, 0.1) is 0 Å². The second kappa shape index (κ2) is 7.33. The van der Waals surface area contributed by atoms with Gasteiger partial charge in [-0.25, -0.2) is 0 Å². The number of nitrogens with zero attached hydrogens (tertiary/aromatic N) is 2. The fourth-order valence-electron chi connectivity index (χ4n) is 1.74. The van der Waals surface area contributed by atoms with Crippen LogP contribution in [0.1, 0.15) is 11.5 Å². The molecule has 1 aromatic heterocycles. The van der Waals surface area contributed by atoms with Crippen LogP contribution in [0.25, 0.3) is 0 Å². The minimum absolute atomic E-state index is 0.262. The Morgan fingerprint density at radius 2 is 1.77 bits per heavy atom. The van der Waals surface area contributed by atoms with E-state index >= 15 is 0 Å². The quantitative estimate of drug-likeness (QED) is 0.618. The molecule has 4 nitrogen and oxygen atoms in total.